The van der Waals surface area contributed by atoms with E-state index in [2.05, 4.69) is 11.9 Å². The van der Waals surface area contributed by atoms with Crippen molar-refractivity contribution in [3.05, 3.63) is 35.5 Å². The molecule has 1 aromatic rings. The van der Waals surface area contributed by atoms with Gasteiger partial charge in [-0.3, -0.25) is 9.79 Å². The maximum Gasteiger partial charge on any atom is 0.178 e. The zero-order valence-corrected chi connectivity index (χ0v) is 12.1. The SMILES string of the molecule is CCCC(C)=N/C(=C/c1cccc(OC)c1)C(C)=O. The van der Waals surface area contributed by atoms with Crippen LogP contribution in [0.1, 0.15) is 39.2 Å². The highest BCUT2D eigenvalue weighted by Gasteiger charge is 2.04. The van der Waals surface area contributed by atoms with Crippen molar-refractivity contribution in [2.45, 2.75) is 33.6 Å². The molecule has 0 aromatic heterocycles. The Bertz CT molecular complexity index is 501. The van der Waals surface area contributed by atoms with Gasteiger partial charge in [-0.15, -0.1) is 0 Å². The van der Waals surface area contributed by atoms with Crippen LogP contribution in [0.25, 0.3) is 6.08 Å². The van der Waals surface area contributed by atoms with E-state index in [-0.39, 0.29) is 5.78 Å². The minimum atomic E-state index is -0.0294. The van der Waals surface area contributed by atoms with E-state index in [0.717, 1.165) is 29.9 Å². The standard InChI is InChI=1S/C16H21NO2/c1-5-7-12(2)17-16(13(3)18)11-14-8-6-9-15(10-14)19-4/h6,8-11H,5,7H2,1-4H3/b16-11+,17-12?. The topological polar surface area (TPSA) is 38.7 Å². The average molecular weight is 259 g/mol. The molecular weight excluding hydrogens is 238 g/mol. The van der Waals surface area contributed by atoms with Crippen molar-refractivity contribution in [2.24, 2.45) is 4.99 Å². The number of carbonyl (C=O) groups is 1. The number of aliphatic imine (C=N–C) groups is 1. The Hall–Kier alpha value is -1.90. The van der Waals surface area contributed by atoms with Gasteiger partial charge in [-0.25, -0.2) is 0 Å². The number of rotatable bonds is 6. The number of ether oxygens (including phenoxy) is 1. The van der Waals surface area contributed by atoms with Crippen LogP contribution in [0.2, 0.25) is 0 Å². The molecule has 3 heteroatoms. The number of methoxy groups -OCH3 is 1. The van der Waals surface area contributed by atoms with E-state index in [1.165, 1.54) is 6.92 Å². The van der Waals surface area contributed by atoms with E-state index in [0.29, 0.717) is 5.70 Å². The van der Waals surface area contributed by atoms with Crippen molar-refractivity contribution >= 4 is 17.6 Å². The van der Waals surface area contributed by atoms with Gasteiger partial charge in [0.25, 0.3) is 0 Å². The second kappa shape index (κ2) is 7.52. The van der Waals surface area contributed by atoms with Gasteiger partial charge in [0, 0.05) is 12.6 Å². The third-order valence-electron chi connectivity index (χ3n) is 2.68. The van der Waals surface area contributed by atoms with Gasteiger partial charge in [0.05, 0.1) is 7.11 Å². The van der Waals surface area contributed by atoms with Crippen molar-refractivity contribution < 1.29 is 9.53 Å². The Balaban J connectivity index is 3.07. The summed E-state index contributed by atoms with van der Waals surface area (Å²) in [6, 6.07) is 7.57. The number of allylic oxidation sites excluding steroid dienone is 1. The first-order valence-corrected chi connectivity index (χ1v) is 6.47. The molecule has 0 amide bonds. The van der Waals surface area contributed by atoms with Gasteiger partial charge in [-0.1, -0.05) is 25.5 Å². The van der Waals surface area contributed by atoms with Crippen molar-refractivity contribution in [2.75, 3.05) is 7.11 Å². The van der Waals surface area contributed by atoms with Gasteiger partial charge < -0.3 is 4.74 Å². The maximum absolute atomic E-state index is 11.6. The third-order valence-corrected chi connectivity index (χ3v) is 2.68. The van der Waals surface area contributed by atoms with E-state index in [9.17, 15) is 4.79 Å². The zero-order chi connectivity index (χ0) is 14.3. The van der Waals surface area contributed by atoms with E-state index < -0.39 is 0 Å². The summed E-state index contributed by atoms with van der Waals surface area (Å²) in [4.78, 5) is 16.0. The van der Waals surface area contributed by atoms with Gasteiger partial charge in [0.15, 0.2) is 5.78 Å². The molecule has 0 fully saturated rings. The molecule has 0 saturated heterocycles. The summed E-state index contributed by atoms with van der Waals surface area (Å²) in [6.45, 7) is 5.58. The Morgan fingerprint density at radius 1 is 1.37 bits per heavy atom. The van der Waals surface area contributed by atoms with E-state index in [1.54, 1.807) is 13.2 Å². The summed E-state index contributed by atoms with van der Waals surface area (Å²) in [7, 11) is 1.62. The quantitative estimate of drug-likeness (QED) is 0.574. The Kier molecular flexibility index (Phi) is 6.00. The van der Waals surface area contributed by atoms with Crippen LogP contribution in [0.5, 0.6) is 5.75 Å². The summed E-state index contributed by atoms with van der Waals surface area (Å²) < 4.78 is 5.17. The lowest BCUT2D eigenvalue weighted by molar-refractivity contribution is -0.113. The molecule has 0 radical (unpaired) electrons. The Morgan fingerprint density at radius 2 is 2.11 bits per heavy atom. The lowest BCUT2D eigenvalue weighted by atomic mass is 10.1. The second-order valence-electron chi connectivity index (χ2n) is 4.46. The van der Waals surface area contributed by atoms with Gasteiger partial charge >= 0.3 is 0 Å². The molecule has 0 heterocycles. The summed E-state index contributed by atoms with van der Waals surface area (Å²) in [6.07, 6.45) is 3.73. The lowest BCUT2D eigenvalue weighted by Gasteiger charge is -2.03. The lowest BCUT2D eigenvalue weighted by Crippen LogP contribution is -1.98. The van der Waals surface area contributed by atoms with Crippen LogP contribution in [-0.4, -0.2) is 18.6 Å². The predicted octanol–water partition coefficient (Wildman–Crippen LogP) is 3.89. The smallest absolute Gasteiger partial charge is 0.178 e. The minimum absolute atomic E-state index is 0.0294. The number of hydrogen-bond acceptors (Lipinski definition) is 3. The first kappa shape index (κ1) is 15.2. The van der Waals surface area contributed by atoms with E-state index >= 15 is 0 Å². The highest BCUT2D eigenvalue weighted by Crippen LogP contribution is 2.16. The van der Waals surface area contributed by atoms with Crippen molar-refractivity contribution in [1.29, 1.82) is 0 Å². The summed E-state index contributed by atoms with van der Waals surface area (Å²) in [5, 5.41) is 0. The monoisotopic (exact) mass is 259 g/mol. The zero-order valence-electron chi connectivity index (χ0n) is 12.1. The molecule has 0 N–H and O–H groups in total. The molecular formula is C16H21NO2. The largest absolute Gasteiger partial charge is 0.497 e. The molecule has 19 heavy (non-hydrogen) atoms. The predicted molar refractivity (Wildman–Crippen MR) is 79.7 cm³/mol. The molecule has 0 aliphatic carbocycles. The molecule has 0 atom stereocenters. The summed E-state index contributed by atoms with van der Waals surface area (Å²) in [5.74, 6) is 0.740. The fourth-order valence-corrected chi connectivity index (χ4v) is 1.73. The number of ketones is 1. The first-order valence-electron chi connectivity index (χ1n) is 6.47. The maximum atomic E-state index is 11.6. The van der Waals surface area contributed by atoms with Crippen LogP contribution < -0.4 is 4.74 Å². The fourth-order valence-electron chi connectivity index (χ4n) is 1.73. The third kappa shape index (κ3) is 5.08. The normalized spacial score (nSPS) is 12.4. The number of carbonyl (C=O) groups excluding carboxylic acids is 1. The van der Waals surface area contributed by atoms with E-state index in [1.807, 2.05) is 31.2 Å². The van der Waals surface area contributed by atoms with Crippen molar-refractivity contribution in [3.8, 4) is 5.75 Å². The molecule has 0 bridgehead atoms. The highest BCUT2D eigenvalue weighted by atomic mass is 16.5. The second-order valence-corrected chi connectivity index (χ2v) is 4.46. The van der Waals surface area contributed by atoms with Crippen LogP contribution in [0.3, 0.4) is 0 Å². The Labute approximate surface area is 115 Å². The van der Waals surface area contributed by atoms with Crippen LogP contribution in [0.15, 0.2) is 35.0 Å². The van der Waals surface area contributed by atoms with Crippen LogP contribution in [-0.2, 0) is 4.79 Å². The van der Waals surface area contributed by atoms with Gasteiger partial charge in [0.2, 0.25) is 0 Å². The molecule has 0 aliphatic rings. The Morgan fingerprint density at radius 3 is 2.68 bits per heavy atom. The molecule has 0 unspecified atom stereocenters. The molecule has 3 nitrogen and oxygen atoms in total. The van der Waals surface area contributed by atoms with E-state index in [4.69, 9.17) is 4.74 Å². The van der Waals surface area contributed by atoms with Gasteiger partial charge in [0.1, 0.15) is 11.4 Å². The van der Waals surface area contributed by atoms with Crippen LogP contribution >= 0.6 is 0 Å². The molecule has 1 aromatic carbocycles. The molecule has 0 spiro atoms. The van der Waals surface area contributed by atoms with Crippen LogP contribution in [0.4, 0.5) is 0 Å². The average Bonchev–Trinajstić information content (AvgIpc) is 2.38. The number of hydrogen-bond donors (Lipinski definition) is 0. The summed E-state index contributed by atoms with van der Waals surface area (Å²) in [5.41, 5.74) is 2.38. The molecule has 102 valence electrons. The number of Topliss-reactive ketones (excluding diaryl/α,β-unsaturated/α-hetero) is 1. The molecule has 0 saturated carbocycles. The van der Waals surface area contributed by atoms with Crippen molar-refractivity contribution in [1.82, 2.24) is 0 Å². The first-order chi connectivity index (χ1) is 9.06. The highest BCUT2D eigenvalue weighted by molar-refractivity contribution is 6.00. The minimum Gasteiger partial charge on any atom is -0.497 e. The molecule has 0 aliphatic heterocycles. The number of nitrogens with zero attached hydrogens (tertiary/aromatic N) is 1. The molecule has 1 rings (SSSR count). The number of benzene rings is 1. The van der Waals surface area contributed by atoms with Crippen LogP contribution in [0, 0.1) is 0 Å². The fraction of sp³-hybridized carbons (Fsp3) is 0.375. The van der Waals surface area contributed by atoms with Crippen molar-refractivity contribution in [3.63, 3.8) is 0 Å². The van der Waals surface area contributed by atoms with Gasteiger partial charge in [-0.2, -0.15) is 0 Å². The van der Waals surface area contributed by atoms with Gasteiger partial charge in [-0.05, 0) is 37.1 Å². The summed E-state index contributed by atoms with van der Waals surface area (Å²) >= 11 is 0.